The summed E-state index contributed by atoms with van der Waals surface area (Å²) in [7, 11) is 0. The molecule has 1 amide bonds. The van der Waals surface area contributed by atoms with Crippen LogP contribution in [-0.2, 0) is 27.3 Å². The molecule has 1 N–H and O–H groups in total. The van der Waals surface area contributed by atoms with Crippen molar-refractivity contribution in [1.29, 1.82) is 0 Å². The van der Waals surface area contributed by atoms with Crippen molar-refractivity contribution in [2.75, 3.05) is 13.2 Å². The zero-order valence-electron chi connectivity index (χ0n) is 13.2. The van der Waals surface area contributed by atoms with Crippen molar-refractivity contribution in [3.8, 4) is 0 Å². The molecule has 2 aliphatic rings. The minimum atomic E-state index is -0.918. The smallest absolute Gasteiger partial charge is 0.326 e. The second-order valence-electron chi connectivity index (χ2n) is 6.44. The lowest BCUT2D eigenvalue weighted by atomic mass is 9.92. The lowest BCUT2D eigenvalue weighted by Gasteiger charge is -2.35. The average molecular weight is 317 g/mol. The number of carbonyl (C=O) groups excluding carboxylic acids is 1. The summed E-state index contributed by atoms with van der Waals surface area (Å²) in [6, 6.07) is 7.04. The number of carboxylic acids is 1. The number of rotatable bonds is 4. The van der Waals surface area contributed by atoms with Crippen molar-refractivity contribution in [1.82, 2.24) is 4.90 Å². The Morgan fingerprint density at radius 3 is 2.57 bits per heavy atom. The van der Waals surface area contributed by atoms with Gasteiger partial charge >= 0.3 is 5.97 Å². The number of amides is 1. The normalized spacial score (nSPS) is 21.7. The topological polar surface area (TPSA) is 66.8 Å². The molecule has 124 valence electrons. The Bertz CT molecular complexity index is 580. The maximum Gasteiger partial charge on any atom is 0.326 e. The molecule has 23 heavy (non-hydrogen) atoms. The molecule has 0 saturated carbocycles. The zero-order valence-corrected chi connectivity index (χ0v) is 13.2. The molecule has 1 aromatic carbocycles. The Labute approximate surface area is 136 Å². The minimum absolute atomic E-state index is 0.0432. The first-order chi connectivity index (χ1) is 11.1. The van der Waals surface area contributed by atoms with Crippen LogP contribution in [0.1, 0.15) is 36.8 Å². The molecular weight excluding hydrogens is 294 g/mol. The van der Waals surface area contributed by atoms with Crippen molar-refractivity contribution in [2.24, 2.45) is 5.92 Å². The van der Waals surface area contributed by atoms with Crippen molar-refractivity contribution >= 4 is 11.9 Å². The molecule has 0 bridgehead atoms. The van der Waals surface area contributed by atoms with E-state index in [1.807, 2.05) is 24.3 Å². The average Bonchev–Trinajstić information content (AvgIpc) is 2.59. The van der Waals surface area contributed by atoms with E-state index in [4.69, 9.17) is 4.74 Å². The Hall–Kier alpha value is -1.88. The summed E-state index contributed by atoms with van der Waals surface area (Å²) in [5.74, 6) is -0.439. The first kappa shape index (κ1) is 16.0. The highest BCUT2D eigenvalue weighted by Gasteiger charge is 2.34. The van der Waals surface area contributed by atoms with E-state index in [0.29, 0.717) is 25.3 Å². The van der Waals surface area contributed by atoms with E-state index in [9.17, 15) is 14.7 Å². The number of hydrogen-bond acceptors (Lipinski definition) is 3. The van der Waals surface area contributed by atoms with Gasteiger partial charge in [-0.15, -0.1) is 0 Å². The summed E-state index contributed by atoms with van der Waals surface area (Å²) >= 11 is 0. The third kappa shape index (κ3) is 3.72. The first-order valence-corrected chi connectivity index (χ1v) is 8.32. The molecule has 1 aromatic rings. The SMILES string of the molecule is O=C(O)C1Cc2ccccc2CN1C(=O)CCC1CCOCC1. The lowest BCUT2D eigenvalue weighted by Crippen LogP contribution is -2.48. The van der Waals surface area contributed by atoms with Gasteiger partial charge in [0.05, 0.1) is 0 Å². The van der Waals surface area contributed by atoms with Crippen LogP contribution in [0.3, 0.4) is 0 Å². The van der Waals surface area contributed by atoms with Crippen LogP contribution < -0.4 is 0 Å². The Morgan fingerprint density at radius 2 is 1.87 bits per heavy atom. The molecule has 1 atom stereocenters. The second kappa shape index (κ2) is 7.13. The van der Waals surface area contributed by atoms with Crippen LogP contribution in [-0.4, -0.2) is 41.1 Å². The predicted molar refractivity (Wildman–Crippen MR) is 84.9 cm³/mol. The number of hydrogen-bond donors (Lipinski definition) is 1. The molecular formula is C18H23NO4. The number of fused-ring (bicyclic) bond motifs is 1. The number of carbonyl (C=O) groups is 2. The second-order valence-corrected chi connectivity index (χ2v) is 6.44. The summed E-state index contributed by atoms with van der Waals surface area (Å²) in [6.07, 6.45) is 3.65. The molecule has 2 heterocycles. The highest BCUT2D eigenvalue weighted by Crippen LogP contribution is 2.26. The van der Waals surface area contributed by atoms with Gasteiger partial charge in [-0.05, 0) is 36.3 Å². The third-order valence-corrected chi connectivity index (χ3v) is 4.96. The van der Waals surface area contributed by atoms with Crippen molar-refractivity contribution in [3.63, 3.8) is 0 Å². The summed E-state index contributed by atoms with van der Waals surface area (Å²) in [5.41, 5.74) is 2.10. The highest BCUT2D eigenvalue weighted by atomic mass is 16.5. The van der Waals surface area contributed by atoms with Gasteiger partial charge in [-0.25, -0.2) is 4.79 Å². The summed E-state index contributed by atoms with van der Waals surface area (Å²) in [4.78, 5) is 25.7. The Morgan fingerprint density at radius 1 is 1.17 bits per heavy atom. The minimum Gasteiger partial charge on any atom is -0.480 e. The van der Waals surface area contributed by atoms with E-state index in [1.54, 1.807) is 4.90 Å². The molecule has 0 radical (unpaired) electrons. The van der Waals surface area contributed by atoms with Crippen LogP contribution in [0.4, 0.5) is 0 Å². The van der Waals surface area contributed by atoms with Crippen molar-refractivity contribution in [3.05, 3.63) is 35.4 Å². The number of benzene rings is 1. The van der Waals surface area contributed by atoms with Gasteiger partial charge in [0.15, 0.2) is 0 Å². The van der Waals surface area contributed by atoms with Gasteiger partial charge in [0.2, 0.25) is 5.91 Å². The molecule has 0 spiro atoms. The van der Waals surface area contributed by atoms with Crippen LogP contribution in [0, 0.1) is 5.92 Å². The quantitative estimate of drug-likeness (QED) is 0.925. The molecule has 5 nitrogen and oxygen atoms in total. The van der Waals surface area contributed by atoms with Gasteiger partial charge in [0.25, 0.3) is 0 Å². The van der Waals surface area contributed by atoms with Gasteiger partial charge in [0, 0.05) is 32.6 Å². The van der Waals surface area contributed by atoms with Gasteiger partial charge in [-0.2, -0.15) is 0 Å². The Balaban J connectivity index is 1.66. The lowest BCUT2D eigenvalue weighted by molar-refractivity contribution is -0.151. The fraction of sp³-hybridized carbons (Fsp3) is 0.556. The molecule has 2 aliphatic heterocycles. The molecule has 3 rings (SSSR count). The van der Waals surface area contributed by atoms with Gasteiger partial charge in [0.1, 0.15) is 6.04 Å². The molecule has 1 unspecified atom stereocenters. The summed E-state index contributed by atoms with van der Waals surface area (Å²) in [6.45, 7) is 1.95. The van der Waals surface area contributed by atoms with E-state index >= 15 is 0 Å². The standard InChI is InChI=1S/C18H23NO4/c20-17(6-5-13-7-9-23-10-8-13)19-12-15-4-2-1-3-14(15)11-16(19)18(21)22/h1-4,13,16H,5-12H2,(H,21,22). The van der Waals surface area contributed by atoms with Crippen molar-refractivity contribution in [2.45, 2.75) is 44.7 Å². The van der Waals surface area contributed by atoms with E-state index in [1.165, 1.54) is 0 Å². The third-order valence-electron chi connectivity index (χ3n) is 4.96. The van der Waals surface area contributed by atoms with Crippen molar-refractivity contribution < 1.29 is 19.4 Å². The molecule has 5 heteroatoms. The monoisotopic (exact) mass is 317 g/mol. The van der Waals surface area contributed by atoms with Gasteiger partial charge in [-0.3, -0.25) is 4.79 Å². The zero-order chi connectivity index (χ0) is 16.2. The molecule has 1 fully saturated rings. The maximum absolute atomic E-state index is 12.6. The number of carboxylic acid groups (broad SMARTS) is 1. The van der Waals surface area contributed by atoms with E-state index in [-0.39, 0.29) is 5.91 Å². The molecule has 0 aliphatic carbocycles. The van der Waals surface area contributed by atoms with Gasteiger partial charge in [-0.1, -0.05) is 24.3 Å². The first-order valence-electron chi connectivity index (χ1n) is 8.32. The Kier molecular flexibility index (Phi) is 4.96. The fourth-order valence-corrected chi connectivity index (χ4v) is 3.51. The fourth-order valence-electron chi connectivity index (χ4n) is 3.51. The van der Waals surface area contributed by atoms with Crippen LogP contribution >= 0.6 is 0 Å². The van der Waals surface area contributed by atoms with Crippen LogP contribution in [0.15, 0.2) is 24.3 Å². The number of aliphatic carboxylic acids is 1. The predicted octanol–water partition coefficient (Wildman–Crippen LogP) is 2.23. The summed E-state index contributed by atoms with van der Waals surface area (Å²) in [5, 5.41) is 9.49. The van der Waals surface area contributed by atoms with Crippen LogP contribution in [0.25, 0.3) is 0 Å². The largest absolute Gasteiger partial charge is 0.480 e. The number of ether oxygens (including phenoxy) is 1. The van der Waals surface area contributed by atoms with E-state index < -0.39 is 12.0 Å². The van der Waals surface area contributed by atoms with Gasteiger partial charge < -0.3 is 14.7 Å². The maximum atomic E-state index is 12.6. The van der Waals surface area contributed by atoms with Crippen LogP contribution in [0.2, 0.25) is 0 Å². The van der Waals surface area contributed by atoms with Crippen LogP contribution in [0.5, 0.6) is 0 Å². The molecule has 1 saturated heterocycles. The number of nitrogens with zero attached hydrogens (tertiary/aromatic N) is 1. The van der Waals surface area contributed by atoms with E-state index in [0.717, 1.165) is 43.6 Å². The summed E-state index contributed by atoms with van der Waals surface area (Å²) < 4.78 is 5.34. The molecule has 0 aromatic heterocycles. The highest BCUT2D eigenvalue weighted by molar-refractivity contribution is 5.84. The van der Waals surface area contributed by atoms with E-state index in [2.05, 4.69) is 0 Å².